The summed E-state index contributed by atoms with van der Waals surface area (Å²) in [7, 11) is 3.30. The molecule has 0 saturated carbocycles. The molecular formula is C49H60N2O8. The molecule has 4 aromatic rings. The number of amides is 2. The van der Waals surface area contributed by atoms with Crippen molar-refractivity contribution in [2.45, 2.75) is 90.0 Å². The van der Waals surface area contributed by atoms with E-state index in [0.29, 0.717) is 39.5 Å². The number of methoxy groups -OCH3 is 2. The Balaban J connectivity index is 0.000000208. The second-order valence-electron chi connectivity index (χ2n) is 16.8. The van der Waals surface area contributed by atoms with Crippen molar-refractivity contribution in [3.05, 3.63) is 129 Å². The minimum Gasteiger partial charge on any atom is -0.497 e. The van der Waals surface area contributed by atoms with Crippen LogP contribution in [0.15, 0.2) is 84.9 Å². The lowest BCUT2D eigenvalue weighted by Crippen LogP contribution is -2.37. The van der Waals surface area contributed by atoms with Gasteiger partial charge >= 0.3 is 0 Å². The van der Waals surface area contributed by atoms with Gasteiger partial charge in [-0.15, -0.1) is 0 Å². The molecule has 1 atom stereocenters. The van der Waals surface area contributed by atoms with Crippen LogP contribution in [0.3, 0.4) is 0 Å². The molecule has 314 valence electrons. The monoisotopic (exact) mass is 804 g/mol. The van der Waals surface area contributed by atoms with Gasteiger partial charge in [-0.25, -0.2) is 0 Å². The molecule has 7 rings (SSSR count). The van der Waals surface area contributed by atoms with Crippen LogP contribution in [0.2, 0.25) is 0 Å². The normalized spacial score (nSPS) is 16.7. The van der Waals surface area contributed by atoms with Gasteiger partial charge in [0.15, 0.2) is 6.29 Å². The third kappa shape index (κ3) is 11.2. The van der Waals surface area contributed by atoms with Crippen LogP contribution in [0.1, 0.15) is 101 Å². The molecule has 59 heavy (non-hydrogen) atoms. The predicted octanol–water partition coefficient (Wildman–Crippen LogP) is 8.10. The molecule has 10 heteroatoms. The molecule has 3 aliphatic heterocycles. The Labute approximate surface area is 349 Å². The molecule has 4 aromatic carbocycles. The lowest BCUT2D eigenvalue weighted by Gasteiger charge is -2.31. The fourth-order valence-electron chi connectivity index (χ4n) is 7.66. The summed E-state index contributed by atoms with van der Waals surface area (Å²) in [5.41, 5.74) is 7.35. The number of fused-ring (bicyclic) bond motifs is 2. The summed E-state index contributed by atoms with van der Waals surface area (Å²) in [6, 6.07) is 27.7. The van der Waals surface area contributed by atoms with E-state index in [-0.39, 0.29) is 23.5 Å². The minimum atomic E-state index is -0.529. The summed E-state index contributed by atoms with van der Waals surface area (Å²) in [6.07, 6.45) is 5.80. The number of rotatable bonds is 15. The van der Waals surface area contributed by atoms with E-state index in [0.717, 1.165) is 95.6 Å². The van der Waals surface area contributed by atoms with Crippen molar-refractivity contribution in [3.8, 4) is 11.5 Å². The van der Waals surface area contributed by atoms with Crippen LogP contribution >= 0.6 is 0 Å². The Kier molecular flexibility index (Phi) is 14.6. The van der Waals surface area contributed by atoms with E-state index in [2.05, 4.69) is 26.0 Å². The Morgan fingerprint density at radius 1 is 0.695 bits per heavy atom. The first-order valence-corrected chi connectivity index (χ1v) is 20.8. The average molecular weight is 805 g/mol. The maximum absolute atomic E-state index is 13.1. The number of ether oxygens (including phenoxy) is 5. The van der Waals surface area contributed by atoms with Crippen molar-refractivity contribution in [2.24, 2.45) is 0 Å². The molecule has 0 aliphatic carbocycles. The third-order valence-electron chi connectivity index (χ3n) is 11.6. The number of aldehydes is 1. The lowest BCUT2D eigenvalue weighted by molar-refractivity contribution is -0.169. The maximum Gasteiger partial charge on any atom is 0.254 e. The summed E-state index contributed by atoms with van der Waals surface area (Å²) in [5, 5.41) is 0. The maximum atomic E-state index is 13.1. The second-order valence-corrected chi connectivity index (χ2v) is 16.8. The fraction of sp³-hybridized carbons (Fsp3) is 0.449. The minimum absolute atomic E-state index is 0.0486. The molecule has 2 amide bonds. The van der Waals surface area contributed by atoms with E-state index in [1.165, 1.54) is 12.0 Å². The van der Waals surface area contributed by atoms with Crippen molar-refractivity contribution >= 4 is 18.1 Å². The molecule has 0 bridgehead atoms. The van der Waals surface area contributed by atoms with Crippen molar-refractivity contribution in [2.75, 3.05) is 53.7 Å². The van der Waals surface area contributed by atoms with E-state index >= 15 is 0 Å². The molecule has 3 heterocycles. The predicted molar refractivity (Wildman–Crippen MR) is 228 cm³/mol. The molecule has 1 unspecified atom stereocenters. The number of hydrogen-bond donors (Lipinski definition) is 0. The second kappa shape index (κ2) is 19.8. The highest BCUT2D eigenvalue weighted by atomic mass is 16.7. The zero-order valence-corrected chi connectivity index (χ0v) is 35.6. The molecule has 0 aromatic heterocycles. The van der Waals surface area contributed by atoms with Crippen LogP contribution in [-0.4, -0.2) is 87.9 Å². The van der Waals surface area contributed by atoms with Crippen LogP contribution in [-0.2, 0) is 55.8 Å². The number of nitrogens with zero attached hydrogens (tertiary/aromatic N) is 2. The largest absolute Gasteiger partial charge is 0.497 e. The zero-order valence-electron chi connectivity index (χ0n) is 35.6. The highest BCUT2D eigenvalue weighted by Crippen LogP contribution is 2.30. The van der Waals surface area contributed by atoms with Gasteiger partial charge in [0.2, 0.25) is 0 Å². The highest BCUT2D eigenvalue weighted by molar-refractivity contribution is 5.97. The van der Waals surface area contributed by atoms with Gasteiger partial charge in [-0.1, -0.05) is 62.4 Å². The van der Waals surface area contributed by atoms with E-state index in [4.69, 9.17) is 23.7 Å². The summed E-state index contributed by atoms with van der Waals surface area (Å²) in [5.74, 6) is 1.78. The Morgan fingerprint density at radius 2 is 1.22 bits per heavy atom. The molecule has 3 aliphatic rings. The van der Waals surface area contributed by atoms with Crippen LogP contribution in [0, 0.1) is 0 Å². The smallest absolute Gasteiger partial charge is 0.254 e. The Morgan fingerprint density at radius 3 is 1.71 bits per heavy atom. The van der Waals surface area contributed by atoms with Gasteiger partial charge in [-0.3, -0.25) is 9.59 Å². The number of carbonyl (C=O) groups is 3. The van der Waals surface area contributed by atoms with E-state index in [1.807, 2.05) is 96.4 Å². The SMILES string of the molecule is COc1ccc(CN2CCc3cc(C(C)(C)C=O)ccc3C2=O)cc1.COc1ccc(CN2CCc3cc(C(C)(C)COCCOC4CCCCO4)ccc3C2=O)cc1. The summed E-state index contributed by atoms with van der Waals surface area (Å²) in [4.78, 5) is 41.0. The van der Waals surface area contributed by atoms with Gasteiger partial charge in [-0.2, -0.15) is 0 Å². The van der Waals surface area contributed by atoms with Gasteiger partial charge in [0.05, 0.1) is 34.0 Å². The Hall–Kier alpha value is -5.03. The lowest BCUT2D eigenvalue weighted by atomic mass is 9.82. The highest BCUT2D eigenvalue weighted by Gasteiger charge is 2.29. The number of carbonyl (C=O) groups excluding carboxylic acids is 3. The number of hydrogen-bond acceptors (Lipinski definition) is 8. The van der Waals surface area contributed by atoms with Gasteiger partial charge in [-0.05, 0) is 116 Å². The molecule has 10 nitrogen and oxygen atoms in total. The van der Waals surface area contributed by atoms with Crippen LogP contribution in [0.5, 0.6) is 11.5 Å². The van der Waals surface area contributed by atoms with Crippen LogP contribution in [0.25, 0.3) is 0 Å². The standard InChI is InChI=1S/C28H37NO5.C21H23NO3/c1-28(2,20-32-16-17-34-26-6-4-5-15-33-26)23-9-12-25-22(18-23)13-14-29(27(25)30)19-21-7-10-24(31-3)11-8-21;1-21(2,14-23)17-6-9-19-16(12-17)10-11-22(20(19)24)13-15-4-7-18(25-3)8-5-15/h7-12,18,26H,4-6,13-17,19-20H2,1-3H3;4-9,12,14H,10-11,13H2,1-3H3. The van der Waals surface area contributed by atoms with Crippen molar-refractivity contribution in [1.29, 1.82) is 0 Å². The topological polar surface area (TPSA) is 104 Å². The molecular weight excluding hydrogens is 745 g/mol. The van der Waals surface area contributed by atoms with Crippen molar-refractivity contribution < 1.29 is 38.1 Å². The van der Waals surface area contributed by atoms with E-state index < -0.39 is 5.41 Å². The Bertz CT molecular complexity index is 2040. The van der Waals surface area contributed by atoms with Gasteiger partial charge in [0.25, 0.3) is 11.8 Å². The first-order chi connectivity index (χ1) is 28.4. The van der Waals surface area contributed by atoms with Crippen LogP contribution in [0.4, 0.5) is 0 Å². The fourth-order valence-corrected chi connectivity index (χ4v) is 7.66. The van der Waals surface area contributed by atoms with E-state index in [9.17, 15) is 14.4 Å². The van der Waals surface area contributed by atoms with Gasteiger partial charge < -0.3 is 38.3 Å². The van der Waals surface area contributed by atoms with Crippen LogP contribution < -0.4 is 9.47 Å². The molecule has 1 saturated heterocycles. The van der Waals surface area contributed by atoms with Crippen molar-refractivity contribution in [1.82, 2.24) is 9.80 Å². The molecule has 0 N–H and O–H groups in total. The molecule has 0 radical (unpaired) electrons. The van der Waals surface area contributed by atoms with Crippen molar-refractivity contribution in [3.63, 3.8) is 0 Å². The first-order valence-electron chi connectivity index (χ1n) is 20.8. The summed E-state index contributed by atoms with van der Waals surface area (Å²) in [6.45, 7) is 13.2. The van der Waals surface area contributed by atoms with Gasteiger partial charge in [0, 0.05) is 54.7 Å². The van der Waals surface area contributed by atoms with Gasteiger partial charge in [0.1, 0.15) is 17.8 Å². The summed E-state index contributed by atoms with van der Waals surface area (Å²) < 4.78 is 27.7. The molecule has 0 spiro atoms. The average Bonchev–Trinajstić information content (AvgIpc) is 3.26. The van der Waals surface area contributed by atoms with E-state index in [1.54, 1.807) is 14.2 Å². The quantitative estimate of drug-likeness (QED) is 0.0878. The first kappa shape index (κ1) is 43.5. The molecule has 1 fully saturated rings. The third-order valence-corrected chi connectivity index (χ3v) is 11.6. The zero-order chi connectivity index (χ0) is 42.0. The summed E-state index contributed by atoms with van der Waals surface area (Å²) >= 11 is 0. The number of benzene rings is 4.